The number of rotatable bonds is 7. The van der Waals surface area contributed by atoms with Crippen LogP contribution in [0.3, 0.4) is 0 Å². The first-order chi connectivity index (χ1) is 12.7. The molecule has 1 heterocycles. The highest BCUT2D eigenvalue weighted by molar-refractivity contribution is 5.66. The standard InChI is InChI=1S/C18H22F3N3O3/c1-5-11(3)23-17-14(6-2)24(25)15(10-22-17)13-8-7-12(9-16(13)26-4)27-18(19,20)21/h7-11H,5-6H2,1-4H3,(H,22,23). The molecule has 1 N–H and O–H groups in total. The van der Waals surface area contributed by atoms with Gasteiger partial charge in [-0.15, -0.1) is 13.2 Å². The predicted octanol–water partition coefficient (Wildman–Crippen LogP) is 4.06. The molecule has 2 aromatic rings. The topological polar surface area (TPSA) is 70.3 Å². The average Bonchev–Trinajstić information content (AvgIpc) is 2.61. The highest BCUT2D eigenvalue weighted by Crippen LogP contribution is 2.34. The summed E-state index contributed by atoms with van der Waals surface area (Å²) in [5.41, 5.74) is 0.932. The van der Waals surface area contributed by atoms with Gasteiger partial charge in [0, 0.05) is 18.5 Å². The van der Waals surface area contributed by atoms with E-state index in [0.717, 1.165) is 23.3 Å². The lowest BCUT2D eigenvalue weighted by Gasteiger charge is -2.17. The summed E-state index contributed by atoms with van der Waals surface area (Å²) in [5, 5.41) is 16.0. The molecule has 0 saturated heterocycles. The second kappa shape index (κ2) is 8.32. The Balaban J connectivity index is 2.48. The van der Waals surface area contributed by atoms with E-state index < -0.39 is 12.1 Å². The van der Waals surface area contributed by atoms with Gasteiger partial charge in [-0.25, -0.2) is 4.98 Å². The highest BCUT2D eigenvalue weighted by atomic mass is 19.4. The molecule has 0 saturated carbocycles. The summed E-state index contributed by atoms with van der Waals surface area (Å²) in [6.45, 7) is 5.82. The monoisotopic (exact) mass is 385 g/mol. The molecule has 27 heavy (non-hydrogen) atoms. The van der Waals surface area contributed by atoms with Crippen molar-refractivity contribution in [3.8, 4) is 22.8 Å². The molecule has 2 rings (SSSR count). The van der Waals surface area contributed by atoms with Crippen molar-refractivity contribution < 1.29 is 27.4 Å². The molecule has 6 nitrogen and oxygen atoms in total. The van der Waals surface area contributed by atoms with Crippen LogP contribution in [0.1, 0.15) is 32.9 Å². The molecule has 0 bridgehead atoms. The summed E-state index contributed by atoms with van der Waals surface area (Å²) in [4.78, 5) is 4.33. The molecule has 0 radical (unpaired) electrons. The van der Waals surface area contributed by atoms with Gasteiger partial charge in [-0.3, -0.25) is 0 Å². The molecule has 9 heteroatoms. The maximum atomic E-state index is 12.8. The molecule has 1 aromatic heterocycles. The van der Waals surface area contributed by atoms with Crippen LogP contribution in [-0.4, -0.2) is 24.5 Å². The Hall–Kier alpha value is -2.71. The van der Waals surface area contributed by atoms with E-state index in [0.29, 0.717) is 23.5 Å². The number of ether oxygens (including phenoxy) is 2. The smallest absolute Gasteiger partial charge is 0.573 e. The number of nitrogens with zero attached hydrogens (tertiary/aromatic N) is 2. The minimum atomic E-state index is -4.81. The Kier molecular flexibility index (Phi) is 6.35. The van der Waals surface area contributed by atoms with Crippen LogP contribution >= 0.6 is 0 Å². The van der Waals surface area contributed by atoms with E-state index in [1.165, 1.54) is 19.4 Å². The minimum Gasteiger partial charge on any atom is -0.618 e. The number of hydrogen-bond acceptors (Lipinski definition) is 5. The van der Waals surface area contributed by atoms with Crippen molar-refractivity contribution >= 4 is 5.82 Å². The maximum absolute atomic E-state index is 12.8. The lowest BCUT2D eigenvalue weighted by atomic mass is 10.1. The quantitative estimate of drug-likeness (QED) is 0.575. The first-order valence-corrected chi connectivity index (χ1v) is 8.52. The number of anilines is 1. The third-order valence-electron chi connectivity index (χ3n) is 4.07. The van der Waals surface area contributed by atoms with E-state index in [2.05, 4.69) is 15.0 Å². The molecule has 0 amide bonds. The first-order valence-electron chi connectivity index (χ1n) is 8.52. The van der Waals surface area contributed by atoms with Crippen LogP contribution in [0.25, 0.3) is 11.3 Å². The second-order valence-electron chi connectivity index (χ2n) is 5.95. The Labute approximate surface area is 155 Å². The van der Waals surface area contributed by atoms with Gasteiger partial charge in [0.1, 0.15) is 17.7 Å². The fourth-order valence-corrected chi connectivity index (χ4v) is 2.52. The van der Waals surface area contributed by atoms with Crippen LogP contribution in [0.15, 0.2) is 24.4 Å². The molecule has 0 fully saturated rings. The van der Waals surface area contributed by atoms with Crippen LogP contribution in [0.5, 0.6) is 11.5 Å². The van der Waals surface area contributed by atoms with Crippen LogP contribution < -0.4 is 19.5 Å². The minimum absolute atomic E-state index is 0.0767. The van der Waals surface area contributed by atoms with Gasteiger partial charge in [-0.1, -0.05) is 13.8 Å². The van der Waals surface area contributed by atoms with Crippen molar-refractivity contribution in [2.45, 2.75) is 46.0 Å². The van der Waals surface area contributed by atoms with Gasteiger partial charge in [0.15, 0.2) is 5.82 Å². The number of nitrogens with one attached hydrogen (secondary N) is 1. The van der Waals surface area contributed by atoms with Gasteiger partial charge in [-0.05, 0) is 25.5 Å². The van der Waals surface area contributed by atoms with Gasteiger partial charge in [0.2, 0.25) is 11.4 Å². The lowest BCUT2D eigenvalue weighted by Crippen LogP contribution is -2.37. The van der Waals surface area contributed by atoms with Crippen LogP contribution in [0.4, 0.5) is 19.0 Å². The van der Waals surface area contributed by atoms with Gasteiger partial charge >= 0.3 is 6.36 Å². The number of halogens is 3. The zero-order chi connectivity index (χ0) is 20.2. The fraction of sp³-hybridized carbons (Fsp3) is 0.444. The van der Waals surface area contributed by atoms with Crippen molar-refractivity contribution in [2.75, 3.05) is 12.4 Å². The number of methoxy groups -OCH3 is 1. The fourth-order valence-electron chi connectivity index (χ4n) is 2.52. The summed E-state index contributed by atoms with van der Waals surface area (Å²) in [6.07, 6.45) is -2.15. The number of benzene rings is 1. The predicted molar refractivity (Wildman–Crippen MR) is 94.6 cm³/mol. The molecular weight excluding hydrogens is 363 g/mol. The molecule has 0 aliphatic carbocycles. The molecule has 1 atom stereocenters. The van der Waals surface area contributed by atoms with Gasteiger partial charge in [0.25, 0.3) is 0 Å². The third-order valence-corrected chi connectivity index (χ3v) is 4.07. The largest absolute Gasteiger partial charge is 0.618 e. The molecule has 1 unspecified atom stereocenters. The van der Waals surface area contributed by atoms with Crippen LogP contribution in [0, 0.1) is 5.21 Å². The maximum Gasteiger partial charge on any atom is 0.573 e. The van der Waals surface area contributed by atoms with Crippen molar-refractivity contribution in [2.24, 2.45) is 0 Å². The molecule has 0 spiro atoms. The van der Waals surface area contributed by atoms with Crippen LogP contribution in [-0.2, 0) is 6.42 Å². The van der Waals surface area contributed by atoms with E-state index in [1.54, 1.807) is 0 Å². The summed E-state index contributed by atoms with van der Waals surface area (Å²) < 4.78 is 47.0. The third kappa shape index (κ3) is 4.93. The van der Waals surface area contributed by atoms with Gasteiger partial charge < -0.3 is 20.0 Å². The van der Waals surface area contributed by atoms with E-state index in [4.69, 9.17) is 4.74 Å². The SMILES string of the molecule is CCc1c(NC(C)CC)ncc(-c2ccc(OC(F)(F)F)cc2OC)[n+]1[O-]. The van der Waals surface area contributed by atoms with Crippen LogP contribution in [0.2, 0.25) is 0 Å². The van der Waals surface area contributed by atoms with E-state index >= 15 is 0 Å². The first kappa shape index (κ1) is 20.6. The summed E-state index contributed by atoms with van der Waals surface area (Å²) in [5.74, 6) is 0.133. The number of hydrogen-bond donors (Lipinski definition) is 1. The van der Waals surface area contributed by atoms with E-state index in [-0.39, 0.29) is 17.5 Å². The van der Waals surface area contributed by atoms with Crippen molar-refractivity contribution in [3.05, 3.63) is 35.3 Å². The Bertz CT molecular complexity index is 797. The van der Waals surface area contributed by atoms with Gasteiger partial charge in [0.05, 0.1) is 12.7 Å². The number of alkyl halides is 3. The van der Waals surface area contributed by atoms with E-state index in [1.807, 2.05) is 20.8 Å². The Morgan fingerprint density at radius 3 is 2.56 bits per heavy atom. The molecule has 0 aliphatic heterocycles. The highest BCUT2D eigenvalue weighted by Gasteiger charge is 2.32. The van der Waals surface area contributed by atoms with Crippen molar-refractivity contribution in [3.63, 3.8) is 0 Å². The molecule has 148 valence electrons. The molecular formula is C18H22F3N3O3. The zero-order valence-corrected chi connectivity index (χ0v) is 15.6. The van der Waals surface area contributed by atoms with Crippen molar-refractivity contribution in [1.82, 2.24) is 4.98 Å². The second-order valence-corrected chi connectivity index (χ2v) is 5.95. The van der Waals surface area contributed by atoms with Crippen molar-refractivity contribution in [1.29, 1.82) is 0 Å². The molecule has 0 aliphatic rings. The summed E-state index contributed by atoms with van der Waals surface area (Å²) in [6, 6.07) is 3.69. The van der Waals surface area contributed by atoms with Gasteiger partial charge in [-0.2, -0.15) is 4.73 Å². The summed E-state index contributed by atoms with van der Waals surface area (Å²) in [7, 11) is 1.30. The Morgan fingerprint density at radius 1 is 1.30 bits per heavy atom. The Morgan fingerprint density at radius 2 is 2.00 bits per heavy atom. The summed E-state index contributed by atoms with van der Waals surface area (Å²) >= 11 is 0. The average molecular weight is 385 g/mol. The lowest BCUT2D eigenvalue weighted by molar-refractivity contribution is -0.602. The molecule has 1 aromatic carbocycles. The zero-order valence-electron chi connectivity index (χ0n) is 15.6. The number of aromatic nitrogens is 2. The normalized spacial score (nSPS) is 12.6. The van der Waals surface area contributed by atoms with E-state index in [9.17, 15) is 18.4 Å².